The summed E-state index contributed by atoms with van der Waals surface area (Å²) in [5.74, 6) is 20.9. The molecule has 0 fully saturated rings. The molecule has 0 amide bonds. The monoisotopic (exact) mass is 1620 g/mol. The zero-order valence-corrected chi connectivity index (χ0v) is 73.1. The molecule has 4 aromatic rings. The van der Waals surface area contributed by atoms with Gasteiger partial charge in [-0.1, -0.05) is 243 Å². The molecule has 12 nitrogen and oxygen atoms in total. The van der Waals surface area contributed by atoms with E-state index in [1.165, 1.54) is 167 Å². The largest absolute Gasteiger partial charge is 0.492 e. The number of hydrogen-bond donors (Lipinski definition) is 0. The Morgan fingerprint density at radius 2 is 0.505 bits per heavy atom. The van der Waals surface area contributed by atoms with Gasteiger partial charge in [-0.25, -0.2) is 19.2 Å². The van der Waals surface area contributed by atoms with Crippen LogP contribution < -0.4 is 18.9 Å². The highest BCUT2D eigenvalue weighted by Gasteiger charge is 2.28. The maximum atomic E-state index is 13.6. The SMILES string of the molecule is C#Cc1cc(OCCCCCCCCCC)c(C#C)cc1OCCCCCCCCCC.C#Cc1cc(OCCCCCCCCCC)c(C#Cc2cc(C(=O)OC(C)(C)C)c(C#CC)cc2C(=O)OC(C)(C)C)cc1OCCCCCCCCCC.CC(C)(C)OC(=O)c1cc(Br)c(C(=O)OC(C)(C)C)cc1Br. The molecule has 0 radical (unpaired) electrons. The number of hydrogen-bond acceptors (Lipinski definition) is 12. The van der Waals surface area contributed by atoms with Gasteiger partial charge in [0.1, 0.15) is 45.4 Å². The van der Waals surface area contributed by atoms with Crippen molar-refractivity contribution in [1.82, 2.24) is 0 Å². The average Bonchev–Trinajstić information content (AvgIpc) is 0.813. The Balaban J connectivity index is 0.000000625. The molecule has 4 aromatic carbocycles. The molecule has 0 aliphatic rings. The van der Waals surface area contributed by atoms with Crippen LogP contribution in [0.15, 0.2) is 57.5 Å². The van der Waals surface area contributed by atoms with Crippen molar-refractivity contribution in [3.63, 3.8) is 0 Å². The van der Waals surface area contributed by atoms with Crippen molar-refractivity contribution >= 4 is 55.7 Å². The number of rotatable bonds is 44. The Labute approximate surface area is 677 Å². The normalized spacial score (nSPS) is 11.1. The zero-order valence-electron chi connectivity index (χ0n) is 70.0. The van der Waals surface area contributed by atoms with Crippen LogP contribution in [0.5, 0.6) is 23.0 Å². The van der Waals surface area contributed by atoms with Gasteiger partial charge >= 0.3 is 23.9 Å². The van der Waals surface area contributed by atoms with Crippen LogP contribution in [0.1, 0.15) is 398 Å². The smallest absolute Gasteiger partial charge is 0.339 e. The first-order chi connectivity index (χ1) is 51.8. The summed E-state index contributed by atoms with van der Waals surface area (Å²) >= 11 is 6.62. The molecule has 0 spiro atoms. The molecular weight excluding hydrogens is 1490 g/mol. The fraction of sp³-hybridized carbons (Fsp3) is 0.600. The number of terminal acetylenes is 3. The van der Waals surface area contributed by atoms with Crippen LogP contribution in [0, 0.1) is 60.7 Å². The van der Waals surface area contributed by atoms with Gasteiger partial charge in [-0.15, -0.1) is 25.2 Å². The average molecular weight is 1630 g/mol. The van der Waals surface area contributed by atoms with Gasteiger partial charge in [0.15, 0.2) is 0 Å². The highest BCUT2D eigenvalue weighted by Crippen LogP contribution is 2.34. The van der Waals surface area contributed by atoms with Gasteiger partial charge in [0.05, 0.1) is 70.9 Å². The molecule has 0 aliphatic heterocycles. The molecule has 0 saturated heterocycles. The van der Waals surface area contributed by atoms with Crippen molar-refractivity contribution in [2.24, 2.45) is 0 Å². The number of ether oxygens (including phenoxy) is 8. The Morgan fingerprint density at radius 1 is 0.294 bits per heavy atom. The number of carbonyl (C=O) groups excluding carboxylic acids is 4. The van der Waals surface area contributed by atoms with E-state index < -0.39 is 46.3 Å². The number of halogens is 2. The number of esters is 4. The molecule has 109 heavy (non-hydrogen) atoms. The lowest BCUT2D eigenvalue weighted by Crippen LogP contribution is -2.26. The van der Waals surface area contributed by atoms with Gasteiger partial charge in [-0.2, -0.15) is 0 Å². The van der Waals surface area contributed by atoms with Crippen LogP contribution in [0.4, 0.5) is 0 Å². The highest BCUT2D eigenvalue weighted by atomic mass is 79.9. The molecule has 0 heterocycles. The van der Waals surface area contributed by atoms with Crippen molar-refractivity contribution in [1.29, 1.82) is 0 Å². The van der Waals surface area contributed by atoms with E-state index in [-0.39, 0.29) is 11.1 Å². The van der Waals surface area contributed by atoms with Crippen LogP contribution in [0.25, 0.3) is 0 Å². The standard InChI is InChI=1S/C49H68O6.C30H46O2.C16H20Br2O4/c1-11-15-17-19-21-23-25-27-32-52-44-37-41(45(36-38(44)14-4)53-33-28-26-24-22-20-18-16-12-2)31-30-40-35-42(46(50)54-48(5,6)7)39(29-13-3)34-43(40)47(51)55-49(8,9)10;1-5-9-11-13-15-17-19-21-23-31-29-25-28(8-4)30(26-27(29)7-3)32-24-22-20-18-16-14-12-10-6-2;1-15(2,3)21-13(19)9-7-12(18)10(8-11(9)17)14(20)22-16(4,5)6/h4,34-37H,11-12,15-28,32-33H2,1-3,5-10H3;3-4,25-26H,5-6,9-24H2,1-2H3;7-8H,1-6H3. The van der Waals surface area contributed by atoms with E-state index in [2.05, 4.69) is 101 Å². The summed E-state index contributed by atoms with van der Waals surface area (Å²) < 4.78 is 47.7. The van der Waals surface area contributed by atoms with Crippen molar-refractivity contribution < 1.29 is 57.1 Å². The van der Waals surface area contributed by atoms with Crippen LogP contribution in [0.2, 0.25) is 0 Å². The number of unbranched alkanes of at least 4 members (excludes halogenated alkanes) is 28. The molecule has 0 aromatic heterocycles. The minimum atomic E-state index is -0.759. The topological polar surface area (TPSA) is 142 Å². The van der Waals surface area contributed by atoms with Crippen LogP contribution in [-0.4, -0.2) is 72.7 Å². The molecule has 0 saturated carbocycles. The molecular formula is C95H134Br2O12. The Kier molecular flexibility index (Phi) is 48.8. The lowest BCUT2D eigenvalue weighted by Gasteiger charge is -2.22. The van der Waals surface area contributed by atoms with Gasteiger partial charge in [-0.05, 0) is 172 Å². The molecule has 4 rings (SSSR count). The first-order valence-electron chi connectivity index (χ1n) is 40.6. The first-order valence-corrected chi connectivity index (χ1v) is 42.2. The number of carbonyl (C=O) groups is 4. The van der Waals surface area contributed by atoms with E-state index in [1.54, 1.807) is 114 Å². The van der Waals surface area contributed by atoms with Crippen LogP contribution in [0.3, 0.4) is 0 Å². The maximum absolute atomic E-state index is 13.6. The summed E-state index contributed by atoms with van der Waals surface area (Å²) in [6.45, 7) is 34.6. The van der Waals surface area contributed by atoms with Crippen molar-refractivity contribution in [3.05, 3.63) is 113 Å². The van der Waals surface area contributed by atoms with E-state index in [4.69, 9.17) is 57.2 Å². The summed E-state index contributed by atoms with van der Waals surface area (Å²) in [4.78, 5) is 51.3. The third kappa shape index (κ3) is 43.2. The molecule has 14 heteroatoms. The Bertz CT molecular complexity index is 3540. The van der Waals surface area contributed by atoms with Gasteiger partial charge in [0.2, 0.25) is 0 Å². The summed E-state index contributed by atoms with van der Waals surface area (Å²) in [7, 11) is 0. The van der Waals surface area contributed by atoms with E-state index in [1.807, 2.05) is 24.3 Å². The molecule has 0 bridgehead atoms. The summed E-state index contributed by atoms with van der Waals surface area (Å²) in [6, 6.07) is 13.6. The fourth-order valence-corrected chi connectivity index (χ4v) is 12.3. The van der Waals surface area contributed by atoms with E-state index in [0.29, 0.717) is 91.8 Å². The Hall–Kier alpha value is -7.28. The third-order valence-electron chi connectivity index (χ3n) is 16.9. The van der Waals surface area contributed by atoms with E-state index in [0.717, 1.165) is 49.7 Å². The minimum Gasteiger partial charge on any atom is -0.492 e. The van der Waals surface area contributed by atoms with Gasteiger partial charge < -0.3 is 37.9 Å². The fourth-order valence-electron chi connectivity index (χ4n) is 11.3. The van der Waals surface area contributed by atoms with Crippen LogP contribution in [-0.2, 0) is 18.9 Å². The second kappa shape index (κ2) is 54.4. The lowest BCUT2D eigenvalue weighted by molar-refractivity contribution is 0.00501. The van der Waals surface area contributed by atoms with Crippen molar-refractivity contribution in [2.75, 3.05) is 26.4 Å². The van der Waals surface area contributed by atoms with Gasteiger partial charge in [0, 0.05) is 44.3 Å². The third-order valence-corrected chi connectivity index (χ3v) is 18.2. The van der Waals surface area contributed by atoms with Crippen molar-refractivity contribution in [3.8, 4) is 83.7 Å². The van der Waals surface area contributed by atoms with Crippen molar-refractivity contribution in [2.45, 2.75) is 346 Å². The number of benzene rings is 4. The predicted octanol–water partition coefficient (Wildman–Crippen LogP) is 26.2. The highest BCUT2D eigenvalue weighted by molar-refractivity contribution is 9.11. The first kappa shape index (κ1) is 97.8. The van der Waals surface area contributed by atoms with Gasteiger partial charge in [-0.3, -0.25) is 0 Å². The minimum absolute atomic E-state index is 0.195. The molecule has 0 aliphatic carbocycles. The van der Waals surface area contributed by atoms with E-state index >= 15 is 0 Å². The molecule has 0 atom stereocenters. The zero-order chi connectivity index (χ0) is 81.3. The second-order valence-corrected chi connectivity index (χ2v) is 33.5. The second-order valence-electron chi connectivity index (χ2n) is 31.8. The lowest BCUT2D eigenvalue weighted by atomic mass is 9.97. The quantitative estimate of drug-likeness (QED) is 0.0180. The van der Waals surface area contributed by atoms with E-state index in [9.17, 15) is 19.2 Å². The molecule has 600 valence electrons. The maximum Gasteiger partial charge on any atom is 0.339 e. The molecule has 0 N–H and O–H groups in total. The Morgan fingerprint density at radius 3 is 0.743 bits per heavy atom. The predicted molar refractivity (Wildman–Crippen MR) is 457 cm³/mol. The summed E-state index contributed by atoms with van der Waals surface area (Å²) in [5.41, 5.74) is 1.66. The summed E-state index contributed by atoms with van der Waals surface area (Å²) in [5, 5.41) is 0. The summed E-state index contributed by atoms with van der Waals surface area (Å²) in [6.07, 6.45) is 56.9. The van der Waals surface area contributed by atoms with Crippen LogP contribution >= 0.6 is 31.9 Å². The van der Waals surface area contributed by atoms with Gasteiger partial charge in [0.25, 0.3) is 0 Å². The molecule has 0 unspecified atom stereocenters.